The summed E-state index contributed by atoms with van der Waals surface area (Å²) in [5.74, 6) is 0. The molecule has 0 aliphatic carbocycles. The lowest BCUT2D eigenvalue weighted by atomic mass is 10.1. The second kappa shape index (κ2) is 8.36. The smallest absolute Gasteiger partial charge is 0.337 e. The Morgan fingerprint density at radius 2 is 1.91 bits per heavy atom. The Kier molecular flexibility index (Phi) is 6.82. The summed E-state index contributed by atoms with van der Waals surface area (Å²) in [6, 6.07) is -0.523. The Bertz CT molecular complexity index is 656. The number of aromatic nitrogens is 2. The van der Waals surface area contributed by atoms with Gasteiger partial charge in [-0.05, 0) is 25.3 Å². The number of H-pyrrole nitrogens is 1. The third-order valence-corrected chi connectivity index (χ3v) is 3.61. The van der Waals surface area contributed by atoms with Gasteiger partial charge in [-0.1, -0.05) is 39.7 Å². The summed E-state index contributed by atoms with van der Waals surface area (Å²) in [4.78, 5) is 38.2. The van der Waals surface area contributed by atoms with E-state index in [1.165, 1.54) is 0 Å². The molecule has 0 aliphatic heterocycles. The zero-order valence-electron chi connectivity index (χ0n) is 13.6. The van der Waals surface area contributed by atoms with Crippen LogP contribution in [0, 0.1) is 6.92 Å². The molecule has 1 heterocycles. The molecule has 1 aromatic rings. The van der Waals surface area contributed by atoms with Crippen LogP contribution in [-0.4, -0.2) is 22.1 Å². The number of nitrogens with zero attached hydrogens (tertiary/aromatic N) is 1. The van der Waals surface area contributed by atoms with E-state index in [4.69, 9.17) is 0 Å². The zero-order valence-corrected chi connectivity index (χ0v) is 13.6. The molecule has 0 radical (unpaired) electrons. The van der Waals surface area contributed by atoms with Crippen molar-refractivity contribution < 1.29 is 4.79 Å². The first-order valence-electron chi connectivity index (χ1n) is 7.76. The largest absolute Gasteiger partial charge is 0.337 e. The van der Waals surface area contributed by atoms with Crippen LogP contribution in [0.25, 0.3) is 5.57 Å². The van der Waals surface area contributed by atoms with Gasteiger partial charge in [0.05, 0.1) is 5.69 Å². The summed E-state index contributed by atoms with van der Waals surface area (Å²) in [5.41, 5.74) is 0.00424. The van der Waals surface area contributed by atoms with Crippen molar-refractivity contribution in [1.29, 1.82) is 0 Å². The number of carbonyl (C=O) groups excluding carboxylic acids is 1. The Labute approximate surface area is 130 Å². The van der Waals surface area contributed by atoms with Gasteiger partial charge in [-0.3, -0.25) is 9.78 Å². The Hall–Kier alpha value is -2.11. The van der Waals surface area contributed by atoms with Gasteiger partial charge < -0.3 is 5.32 Å². The fourth-order valence-electron chi connectivity index (χ4n) is 2.23. The molecule has 22 heavy (non-hydrogen) atoms. The number of aromatic amines is 1. The highest BCUT2D eigenvalue weighted by Gasteiger charge is 2.18. The van der Waals surface area contributed by atoms with Crippen LogP contribution in [0.5, 0.6) is 0 Å². The van der Waals surface area contributed by atoms with E-state index in [1.807, 2.05) is 6.92 Å². The Balaban J connectivity index is 3.05. The number of amides is 1. The predicted octanol–water partition coefficient (Wildman–Crippen LogP) is 2.41. The summed E-state index contributed by atoms with van der Waals surface area (Å²) < 4.78 is 0.975. The van der Waals surface area contributed by atoms with E-state index in [2.05, 4.69) is 23.8 Å². The van der Waals surface area contributed by atoms with E-state index in [0.29, 0.717) is 29.8 Å². The number of hydrogen-bond donors (Lipinski definition) is 2. The third-order valence-electron chi connectivity index (χ3n) is 3.61. The van der Waals surface area contributed by atoms with Gasteiger partial charge >= 0.3 is 11.7 Å². The summed E-state index contributed by atoms with van der Waals surface area (Å²) in [6.45, 7) is 9.92. The van der Waals surface area contributed by atoms with Crippen molar-refractivity contribution in [1.82, 2.24) is 14.9 Å². The van der Waals surface area contributed by atoms with Crippen LogP contribution in [0.1, 0.15) is 57.2 Å². The number of hydrogen-bond acceptors (Lipinski definition) is 3. The maximum atomic E-state index is 12.3. The standard InChI is InChI=1S/C16H25N3O3/c1-5-7-8-9-10-17-15(21)19-13(11(3)6-2)12(4)14(20)18-16(19)22/h3,5-10H2,1-2,4H3,(H,17,21)(H,18,20,22). The van der Waals surface area contributed by atoms with Crippen molar-refractivity contribution >= 4 is 11.6 Å². The topological polar surface area (TPSA) is 84.0 Å². The SMILES string of the molecule is C=C(CC)c1c(C)c(=O)[nH]c(=O)n1C(=O)NCCCCCC. The van der Waals surface area contributed by atoms with Crippen LogP contribution in [0.15, 0.2) is 16.2 Å². The average molecular weight is 307 g/mol. The Morgan fingerprint density at radius 1 is 1.23 bits per heavy atom. The van der Waals surface area contributed by atoms with Crippen LogP contribution < -0.4 is 16.6 Å². The van der Waals surface area contributed by atoms with Crippen molar-refractivity contribution in [3.8, 4) is 0 Å². The first kappa shape index (κ1) is 17.9. The monoisotopic (exact) mass is 307 g/mol. The van der Waals surface area contributed by atoms with Gasteiger partial charge in [0.15, 0.2) is 0 Å². The number of rotatable bonds is 7. The number of nitrogens with one attached hydrogen (secondary N) is 2. The molecule has 6 nitrogen and oxygen atoms in total. The van der Waals surface area contributed by atoms with Crippen LogP contribution in [-0.2, 0) is 0 Å². The van der Waals surface area contributed by atoms with Gasteiger partial charge in [-0.15, -0.1) is 0 Å². The molecule has 0 aliphatic rings. The normalized spacial score (nSPS) is 10.5. The first-order valence-corrected chi connectivity index (χ1v) is 7.76. The highest BCUT2D eigenvalue weighted by atomic mass is 16.2. The quantitative estimate of drug-likeness (QED) is 0.759. The van der Waals surface area contributed by atoms with Gasteiger partial charge in [0, 0.05) is 12.1 Å². The molecule has 1 rings (SSSR count). The lowest BCUT2D eigenvalue weighted by molar-refractivity contribution is 0.240. The molecule has 1 aromatic heterocycles. The van der Waals surface area contributed by atoms with Crippen LogP contribution in [0.3, 0.4) is 0 Å². The summed E-state index contributed by atoms with van der Waals surface area (Å²) in [5, 5.41) is 2.73. The lowest BCUT2D eigenvalue weighted by Crippen LogP contribution is -2.43. The predicted molar refractivity (Wildman–Crippen MR) is 88.3 cm³/mol. The van der Waals surface area contributed by atoms with Gasteiger partial charge in [0.25, 0.3) is 5.56 Å². The number of carbonyl (C=O) groups is 1. The summed E-state index contributed by atoms with van der Waals surface area (Å²) in [7, 11) is 0. The molecule has 1 amide bonds. The third kappa shape index (κ3) is 4.19. The summed E-state index contributed by atoms with van der Waals surface area (Å²) >= 11 is 0. The van der Waals surface area contributed by atoms with E-state index in [-0.39, 0.29) is 0 Å². The molecule has 6 heteroatoms. The van der Waals surface area contributed by atoms with Crippen molar-refractivity contribution in [2.45, 2.75) is 52.9 Å². The minimum absolute atomic E-state index is 0.308. The maximum absolute atomic E-state index is 12.3. The van der Waals surface area contributed by atoms with Crippen molar-refractivity contribution in [3.05, 3.63) is 38.7 Å². The van der Waals surface area contributed by atoms with Gasteiger partial charge in [-0.2, -0.15) is 0 Å². The van der Waals surface area contributed by atoms with Crippen LogP contribution in [0.2, 0.25) is 0 Å². The zero-order chi connectivity index (χ0) is 16.7. The molecule has 0 spiro atoms. The average Bonchev–Trinajstić information content (AvgIpc) is 2.49. The van der Waals surface area contributed by atoms with Crippen LogP contribution in [0.4, 0.5) is 4.79 Å². The fourth-order valence-corrected chi connectivity index (χ4v) is 2.23. The molecule has 0 atom stereocenters. The molecular formula is C16H25N3O3. The molecule has 122 valence electrons. The minimum atomic E-state index is -0.730. The second-order valence-corrected chi connectivity index (χ2v) is 5.32. The highest BCUT2D eigenvalue weighted by Crippen LogP contribution is 2.15. The molecular weight excluding hydrogens is 282 g/mol. The molecule has 2 N–H and O–H groups in total. The fraction of sp³-hybridized carbons (Fsp3) is 0.562. The Morgan fingerprint density at radius 3 is 2.50 bits per heavy atom. The van der Waals surface area contributed by atoms with E-state index in [9.17, 15) is 14.4 Å². The van der Waals surface area contributed by atoms with Gasteiger partial charge in [0.1, 0.15) is 0 Å². The van der Waals surface area contributed by atoms with E-state index >= 15 is 0 Å². The summed E-state index contributed by atoms with van der Waals surface area (Å²) in [6.07, 6.45) is 4.68. The molecule has 0 aromatic carbocycles. The maximum Gasteiger partial charge on any atom is 0.337 e. The van der Waals surface area contributed by atoms with Gasteiger partial charge in [-0.25, -0.2) is 14.2 Å². The van der Waals surface area contributed by atoms with Crippen LogP contribution >= 0.6 is 0 Å². The number of unbranched alkanes of at least 4 members (excludes halogenated alkanes) is 3. The second-order valence-electron chi connectivity index (χ2n) is 5.32. The lowest BCUT2D eigenvalue weighted by Gasteiger charge is -2.15. The number of allylic oxidation sites excluding steroid dienone is 1. The van der Waals surface area contributed by atoms with E-state index in [1.54, 1.807) is 6.92 Å². The molecule has 0 saturated heterocycles. The van der Waals surface area contributed by atoms with E-state index in [0.717, 1.165) is 30.3 Å². The molecule has 0 fully saturated rings. The molecule has 0 saturated carbocycles. The molecule has 0 bridgehead atoms. The van der Waals surface area contributed by atoms with E-state index < -0.39 is 17.3 Å². The highest BCUT2D eigenvalue weighted by molar-refractivity contribution is 5.81. The van der Waals surface area contributed by atoms with Crippen molar-refractivity contribution in [3.63, 3.8) is 0 Å². The molecule has 0 unspecified atom stereocenters. The first-order chi connectivity index (χ1) is 10.4. The minimum Gasteiger partial charge on any atom is -0.337 e. The van der Waals surface area contributed by atoms with Crippen molar-refractivity contribution in [2.75, 3.05) is 6.54 Å². The van der Waals surface area contributed by atoms with Crippen molar-refractivity contribution in [2.24, 2.45) is 0 Å². The van der Waals surface area contributed by atoms with Gasteiger partial charge in [0.2, 0.25) is 0 Å².